The minimum atomic E-state index is -1.08. The van der Waals surface area contributed by atoms with E-state index in [-0.39, 0.29) is 18.6 Å². The summed E-state index contributed by atoms with van der Waals surface area (Å²) >= 11 is 0. The van der Waals surface area contributed by atoms with Gasteiger partial charge in [-0.1, -0.05) is 12.1 Å². The molecule has 1 aromatic rings. The summed E-state index contributed by atoms with van der Waals surface area (Å²) in [6.45, 7) is 7.89. The predicted octanol–water partition coefficient (Wildman–Crippen LogP) is 0.754. The molecule has 0 bridgehead atoms. The molecule has 0 aromatic heterocycles. The van der Waals surface area contributed by atoms with Gasteiger partial charge in [-0.3, -0.25) is 19.5 Å². The average Bonchev–Trinajstić information content (AvgIpc) is 2.97. The lowest BCUT2D eigenvalue weighted by atomic mass is 9.90. The van der Waals surface area contributed by atoms with E-state index in [0.717, 1.165) is 18.7 Å². The van der Waals surface area contributed by atoms with Gasteiger partial charge in [0.2, 0.25) is 0 Å². The fourth-order valence-corrected chi connectivity index (χ4v) is 4.21. The van der Waals surface area contributed by atoms with E-state index in [9.17, 15) is 9.59 Å². The standard InChI is InChI=1S/C21H30N4O5/c1-21(17-3-5-18(28-2)6-4-17)19(26)24(15-22-7-11-29-12-8-22)20(27)25(21)16-23-9-13-30-14-10-23/h3-6H,7-16H2,1-2H3. The summed E-state index contributed by atoms with van der Waals surface area (Å²) in [5.41, 5.74) is -0.298. The lowest BCUT2D eigenvalue weighted by Crippen LogP contribution is -2.51. The van der Waals surface area contributed by atoms with Crippen molar-refractivity contribution in [2.24, 2.45) is 0 Å². The normalized spacial score (nSPS) is 26.5. The van der Waals surface area contributed by atoms with Gasteiger partial charge in [-0.05, 0) is 24.6 Å². The van der Waals surface area contributed by atoms with Gasteiger partial charge in [0.15, 0.2) is 0 Å². The van der Waals surface area contributed by atoms with Crippen LogP contribution in [0.25, 0.3) is 0 Å². The van der Waals surface area contributed by atoms with Crippen LogP contribution in [0, 0.1) is 0 Å². The Morgan fingerprint density at radius 3 is 1.97 bits per heavy atom. The van der Waals surface area contributed by atoms with Crippen LogP contribution < -0.4 is 4.74 Å². The number of amides is 3. The Bertz CT molecular complexity index is 761. The number of carbonyl (C=O) groups is 2. The van der Waals surface area contributed by atoms with E-state index in [1.54, 1.807) is 12.0 Å². The Balaban J connectivity index is 1.63. The number of urea groups is 1. The van der Waals surface area contributed by atoms with Gasteiger partial charge in [0, 0.05) is 26.2 Å². The van der Waals surface area contributed by atoms with E-state index in [1.165, 1.54) is 4.90 Å². The summed E-state index contributed by atoms with van der Waals surface area (Å²) in [5, 5.41) is 0. The largest absolute Gasteiger partial charge is 0.497 e. The minimum absolute atomic E-state index is 0.197. The van der Waals surface area contributed by atoms with Gasteiger partial charge in [0.05, 0.1) is 46.9 Å². The Kier molecular flexibility index (Phi) is 6.24. The lowest BCUT2D eigenvalue weighted by Gasteiger charge is -2.37. The van der Waals surface area contributed by atoms with E-state index < -0.39 is 5.54 Å². The van der Waals surface area contributed by atoms with Crippen molar-refractivity contribution < 1.29 is 23.8 Å². The molecule has 1 atom stereocenters. The first-order chi connectivity index (χ1) is 14.5. The maximum absolute atomic E-state index is 13.6. The molecule has 4 rings (SSSR count). The van der Waals surface area contributed by atoms with Crippen molar-refractivity contribution in [2.45, 2.75) is 12.5 Å². The molecule has 9 heteroatoms. The zero-order chi connectivity index (χ0) is 21.1. The summed E-state index contributed by atoms with van der Waals surface area (Å²) in [4.78, 5) is 34.4. The third-order valence-electron chi connectivity index (χ3n) is 6.21. The number of nitrogens with zero attached hydrogens (tertiary/aromatic N) is 4. The molecule has 0 radical (unpaired) electrons. The van der Waals surface area contributed by atoms with Gasteiger partial charge in [-0.15, -0.1) is 0 Å². The number of carbonyl (C=O) groups excluding carboxylic acids is 2. The van der Waals surface area contributed by atoms with Crippen LogP contribution in [0.15, 0.2) is 24.3 Å². The number of benzene rings is 1. The smallest absolute Gasteiger partial charge is 0.330 e. The molecule has 164 valence electrons. The lowest BCUT2D eigenvalue weighted by molar-refractivity contribution is -0.135. The van der Waals surface area contributed by atoms with Crippen LogP contribution >= 0.6 is 0 Å². The van der Waals surface area contributed by atoms with E-state index in [4.69, 9.17) is 14.2 Å². The molecule has 3 saturated heterocycles. The molecule has 0 spiro atoms. The van der Waals surface area contributed by atoms with E-state index in [0.29, 0.717) is 51.9 Å². The van der Waals surface area contributed by atoms with Gasteiger partial charge in [-0.25, -0.2) is 9.69 Å². The Labute approximate surface area is 177 Å². The van der Waals surface area contributed by atoms with Crippen LogP contribution in [0.5, 0.6) is 5.75 Å². The first-order valence-electron chi connectivity index (χ1n) is 10.4. The molecule has 9 nitrogen and oxygen atoms in total. The number of rotatable bonds is 6. The van der Waals surface area contributed by atoms with E-state index in [2.05, 4.69) is 9.80 Å². The summed E-state index contributed by atoms with van der Waals surface area (Å²) in [5.74, 6) is 0.515. The maximum atomic E-state index is 13.6. The van der Waals surface area contributed by atoms with Gasteiger partial charge in [0.25, 0.3) is 5.91 Å². The highest BCUT2D eigenvalue weighted by Gasteiger charge is 2.55. The molecule has 3 heterocycles. The molecule has 3 fully saturated rings. The number of hydrogen-bond acceptors (Lipinski definition) is 7. The van der Waals surface area contributed by atoms with Crippen molar-refractivity contribution >= 4 is 11.9 Å². The summed E-state index contributed by atoms with van der Waals surface area (Å²) in [6, 6.07) is 7.14. The highest BCUT2D eigenvalue weighted by Crippen LogP contribution is 2.38. The van der Waals surface area contributed by atoms with Crippen LogP contribution in [0.4, 0.5) is 4.79 Å². The zero-order valence-electron chi connectivity index (χ0n) is 17.7. The summed E-state index contributed by atoms with van der Waals surface area (Å²) < 4.78 is 16.1. The van der Waals surface area contributed by atoms with Crippen LogP contribution in [-0.4, -0.2) is 105 Å². The van der Waals surface area contributed by atoms with Crippen molar-refractivity contribution in [2.75, 3.05) is 73.1 Å². The fourth-order valence-electron chi connectivity index (χ4n) is 4.21. The van der Waals surface area contributed by atoms with Crippen molar-refractivity contribution in [3.8, 4) is 5.75 Å². The van der Waals surface area contributed by atoms with Crippen molar-refractivity contribution in [3.63, 3.8) is 0 Å². The molecular weight excluding hydrogens is 388 g/mol. The monoisotopic (exact) mass is 418 g/mol. The molecule has 30 heavy (non-hydrogen) atoms. The summed E-state index contributed by atoms with van der Waals surface area (Å²) in [6.07, 6.45) is 0. The van der Waals surface area contributed by atoms with Gasteiger partial charge < -0.3 is 14.2 Å². The molecule has 0 saturated carbocycles. The first kappa shape index (κ1) is 21.0. The van der Waals surface area contributed by atoms with Crippen molar-refractivity contribution in [1.29, 1.82) is 0 Å². The Morgan fingerprint density at radius 1 is 0.900 bits per heavy atom. The van der Waals surface area contributed by atoms with E-state index in [1.807, 2.05) is 31.2 Å². The fraction of sp³-hybridized carbons (Fsp3) is 0.619. The van der Waals surface area contributed by atoms with Crippen LogP contribution in [0.2, 0.25) is 0 Å². The average molecular weight is 418 g/mol. The summed E-state index contributed by atoms with van der Waals surface area (Å²) in [7, 11) is 1.61. The quantitative estimate of drug-likeness (QED) is 0.631. The molecule has 3 aliphatic rings. The second kappa shape index (κ2) is 8.89. The maximum Gasteiger partial charge on any atom is 0.330 e. The van der Waals surface area contributed by atoms with Gasteiger partial charge >= 0.3 is 6.03 Å². The third-order valence-corrected chi connectivity index (χ3v) is 6.21. The number of hydrogen-bond donors (Lipinski definition) is 0. The van der Waals surface area contributed by atoms with Gasteiger partial charge in [0.1, 0.15) is 11.3 Å². The zero-order valence-corrected chi connectivity index (χ0v) is 17.7. The van der Waals surface area contributed by atoms with Crippen LogP contribution in [-0.2, 0) is 19.8 Å². The molecule has 3 amide bonds. The molecule has 0 N–H and O–H groups in total. The Hall–Kier alpha value is -2.20. The second-order valence-electron chi connectivity index (χ2n) is 7.99. The number of methoxy groups -OCH3 is 1. The molecule has 1 unspecified atom stereocenters. The van der Waals surface area contributed by atoms with Crippen LogP contribution in [0.3, 0.4) is 0 Å². The number of morpholine rings is 2. The molecular formula is C21H30N4O5. The van der Waals surface area contributed by atoms with Gasteiger partial charge in [-0.2, -0.15) is 0 Å². The topological polar surface area (TPSA) is 74.8 Å². The first-order valence-corrected chi connectivity index (χ1v) is 10.4. The molecule has 0 aliphatic carbocycles. The predicted molar refractivity (Wildman–Crippen MR) is 109 cm³/mol. The minimum Gasteiger partial charge on any atom is -0.497 e. The molecule has 3 aliphatic heterocycles. The number of imide groups is 1. The van der Waals surface area contributed by atoms with Crippen LogP contribution in [0.1, 0.15) is 12.5 Å². The van der Waals surface area contributed by atoms with Crippen molar-refractivity contribution in [3.05, 3.63) is 29.8 Å². The Morgan fingerprint density at radius 2 is 1.43 bits per heavy atom. The third kappa shape index (κ3) is 3.90. The van der Waals surface area contributed by atoms with E-state index >= 15 is 0 Å². The molecule has 1 aromatic carbocycles. The number of ether oxygens (including phenoxy) is 3. The highest BCUT2D eigenvalue weighted by atomic mass is 16.5. The highest BCUT2D eigenvalue weighted by molar-refractivity contribution is 6.07. The van der Waals surface area contributed by atoms with Crippen molar-refractivity contribution in [1.82, 2.24) is 19.6 Å². The second-order valence-corrected chi connectivity index (χ2v) is 7.99. The SMILES string of the molecule is COc1ccc(C2(C)C(=O)N(CN3CCOCC3)C(=O)N2CN2CCOCC2)cc1.